The van der Waals surface area contributed by atoms with Gasteiger partial charge in [-0.05, 0) is 49.3 Å². The van der Waals surface area contributed by atoms with Gasteiger partial charge in [0.2, 0.25) is 0 Å². The molecule has 4 heteroatoms. The van der Waals surface area contributed by atoms with Crippen molar-refractivity contribution in [1.29, 1.82) is 0 Å². The zero-order valence-electron chi connectivity index (χ0n) is 12.5. The third-order valence-electron chi connectivity index (χ3n) is 4.36. The van der Waals surface area contributed by atoms with Crippen LogP contribution in [-0.2, 0) is 4.79 Å². The van der Waals surface area contributed by atoms with Crippen LogP contribution in [0.25, 0.3) is 0 Å². The average molecular weight is 310 g/mol. The number of hydrogen-bond acceptors (Lipinski definition) is 2. The molecule has 116 valence electrons. The minimum Gasteiger partial charge on any atom is -0.480 e. The molecule has 1 aliphatic carbocycles. The van der Waals surface area contributed by atoms with Crippen molar-refractivity contribution in [2.45, 2.75) is 63.5 Å². The Hall–Kier alpha value is -1.06. The minimum absolute atomic E-state index is 0.309. The van der Waals surface area contributed by atoms with Crippen molar-refractivity contribution in [3.63, 3.8) is 0 Å². The summed E-state index contributed by atoms with van der Waals surface area (Å²) < 4.78 is 0. The molecule has 1 fully saturated rings. The van der Waals surface area contributed by atoms with Crippen molar-refractivity contribution in [2.24, 2.45) is 0 Å². The van der Waals surface area contributed by atoms with E-state index in [-0.39, 0.29) is 0 Å². The Morgan fingerprint density at radius 3 is 2.71 bits per heavy atom. The number of rotatable bonds is 7. The standard InChI is InChI=1S/C17H24ClNO2/c1-2-3-4-16(17(20)21)19-15-10-7-13(11-15)12-5-8-14(18)9-6-12/h5-6,8-9,13,15-16,19H,2-4,7,10-11H2,1H3,(H,20,21)/t13?,15?,16-/m0/s1. The number of aliphatic carboxylic acids is 1. The fraction of sp³-hybridized carbons (Fsp3) is 0.588. The van der Waals surface area contributed by atoms with Crippen molar-refractivity contribution >= 4 is 17.6 Å². The minimum atomic E-state index is -0.724. The van der Waals surface area contributed by atoms with Crippen LogP contribution in [0.15, 0.2) is 24.3 Å². The first-order valence-electron chi connectivity index (χ1n) is 7.84. The highest BCUT2D eigenvalue weighted by atomic mass is 35.5. The highest BCUT2D eigenvalue weighted by Crippen LogP contribution is 2.35. The van der Waals surface area contributed by atoms with Crippen molar-refractivity contribution in [3.05, 3.63) is 34.9 Å². The number of halogens is 1. The van der Waals surface area contributed by atoms with Gasteiger partial charge in [-0.2, -0.15) is 0 Å². The first-order chi connectivity index (χ1) is 10.1. The molecule has 21 heavy (non-hydrogen) atoms. The van der Waals surface area contributed by atoms with Crippen LogP contribution in [0, 0.1) is 0 Å². The van der Waals surface area contributed by atoms with Crippen LogP contribution >= 0.6 is 11.6 Å². The zero-order chi connectivity index (χ0) is 15.2. The molecule has 0 radical (unpaired) electrons. The molecular weight excluding hydrogens is 286 g/mol. The molecule has 0 amide bonds. The lowest BCUT2D eigenvalue weighted by Gasteiger charge is -2.20. The molecule has 1 saturated carbocycles. The van der Waals surface area contributed by atoms with Gasteiger partial charge < -0.3 is 10.4 Å². The van der Waals surface area contributed by atoms with Crippen LogP contribution in [0.2, 0.25) is 5.02 Å². The molecule has 2 N–H and O–H groups in total. The van der Waals surface area contributed by atoms with Gasteiger partial charge in [0.1, 0.15) is 6.04 Å². The summed E-state index contributed by atoms with van der Waals surface area (Å²) in [6.07, 6.45) is 5.87. The van der Waals surface area contributed by atoms with Crippen molar-refractivity contribution < 1.29 is 9.90 Å². The smallest absolute Gasteiger partial charge is 0.320 e. The number of carboxylic acids is 1. The van der Waals surface area contributed by atoms with Gasteiger partial charge in [-0.3, -0.25) is 4.79 Å². The zero-order valence-corrected chi connectivity index (χ0v) is 13.3. The Kier molecular flexibility index (Phi) is 6.07. The number of nitrogens with one attached hydrogen (secondary N) is 1. The van der Waals surface area contributed by atoms with E-state index in [0.717, 1.165) is 37.1 Å². The van der Waals surface area contributed by atoms with E-state index in [4.69, 9.17) is 11.6 Å². The Morgan fingerprint density at radius 2 is 2.10 bits per heavy atom. The van der Waals surface area contributed by atoms with E-state index in [1.807, 2.05) is 12.1 Å². The van der Waals surface area contributed by atoms with Crippen LogP contribution in [-0.4, -0.2) is 23.2 Å². The van der Waals surface area contributed by atoms with E-state index < -0.39 is 12.0 Å². The maximum absolute atomic E-state index is 11.3. The van der Waals surface area contributed by atoms with Gasteiger partial charge in [0.05, 0.1) is 0 Å². The molecule has 0 spiro atoms. The summed E-state index contributed by atoms with van der Waals surface area (Å²) in [5.74, 6) is -0.209. The lowest BCUT2D eigenvalue weighted by atomic mass is 9.97. The van der Waals surface area contributed by atoms with E-state index in [1.54, 1.807) is 0 Å². The Morgan fingerprint density at radius 1 is 1.38 bits per heavy atom. The second-order valence-electron chi connectivity index (χ2n) is 5.96. The summed E-state index contributed by atoms with van der Waals surface area (Å²) in [4.78, 5) is 11.3. The molecule has 0 bridgehead atoms. The Bertz CT molecular complexity index is 460. The van der Waals surface area contributed by atoms with Crippen LogP contribution in [0.3, 0.4) is 0 Å². The molecule has 1 aliphatic rings. The molecule has 3 nitrogen and oxygen atoms in total. The van der Waals surface area contributed by atoms with Crippen molar-refractivity contribution in [2.75, 3.05) is 0 Å². The number of benzene rings is 1. The highest BCUT2D eigenvalue weighted by molar-refractivity contribution is 6.30. The van der Waals surface area contributed by atoms with E-state index in [1.165, 1.54) is 5.56 Å². The molecule has 0 aliphatic heterocycles. The first-order valence-corrected chi connectivity index (χ1v) is 8.22. The van der Waals surface area contributed by atoms with Gasteiger partial charge in [-0.25, -0.2) is 0 Å². The molecule has 0 aromatic heterocycles. The first kappa shape index (κ1) is 16.3. The summed E-state index contributed by atoms with van der Waals surface area (Å²) in [6.45, 7) is 2.09. The fourth-order valence-electron chi connectivity index (χ4n) is 3.14. The van der Waals surface area contributed by atoms with Gasteiger partial charge in [-0.15, -0.1) is 0 Å². The van der Waals surface area contributed by atoms with Gasteiger partial charge >= 0.3 is 5.97 Å². The van der Waals surface area contributed by atoms with Crippen LogP contribution < -0.4 is 5.32 Å². The third-order valence-corrected chi connectivity index (χ3v) is 4.61. The van der Waals surface area contributed by atoms with Crippen LogP contribution in [0.4, 0.5) is 0 Å². The molecule has 1 aromatic carbocycles. The SMILES string of the molecule is CCCC[C@H](NC1CCC(c2ccc(Cl)cc2)C1)C(=O)O. The maximum atomic E-state index is 11.3. The summed E-state index contributed by atoms with van der Waals surface area (Å²) in [5, 5.41) is 13.4. The van der Waals surface area contributed by atoms with Crippen molar-refractivity contribution in [3.8, 4) is 0 Å². The van der Waals surface area contributed by atoms with Gasteiger partial charge in [0, 0.05) is 11.1 Å². The summed E-state index contributed by atoms with van der Waals surface area (Å²) in [7, 11) is 0. The predicted octanol–water partition coefficient (Wildman–Crippen LogP) is 4.21. The summed E-state index contributed by atoms with van der Waals surface area (Å²) in [5.41, 5.74) is 1.31. The second kappa shape index (κ2) is 7.81. The molecule has 0 saturated heterocycles. The molecule has 2 rings (SSSR count). The third kappa shape index (κ3) is 4.72. The Labute approximate surface area is 131 Å². The van der Waals surface area contributed by atoms with Crippen LogP contribution in [0.5, 0.6) is 0 Å². The monoisotopic (exact) mass is 309 g/mol. The maximum Gasteiger partial charge on any atom is 0.320 e. The topological polar surface area (TPSA) is 49.3 Å². The van der Waals surface area contributed by atoms with E-state index in [0.29, 0.717) is 18.4 Å². The average Bonchev–Trinajstić information content (AvgIpc) is 2.92. The molecule has 3 atom stereocenters. The van der Waals surface area contributed by atoms with Crippen molar-refractivity contribution in [1.82, 2.24) is 5.32 Å². The largest absolute Gasteiger partial charge is 0.480 e. The number of hydrogen-bond donors (Lipinski definition) is 2. The van der Waals surface area contributed by atoms with E-state index in [9.17, 15) is 9.90 Å². The number of carboxylic acid groups (broad SMARTS) is 1. The molecule has 2 unspecified atom stereocenters. The van der Waals surface area contributed by atoms with Gasteiger partial charge in [-0.1, -0.05) is 43.5 Å². The van der Waals surface area contributed by atoms with Gasteiger partial charge in [0.15, 0.2) is 0 Å². The molecule has 1 aromatic rings. The summed E-state index contributed by atoms with van der Waals surface area (Å²) in [6, 6.07) is 7.93. The lowest BCUT2D eigenvalue weighted by Crippen LogP contribution is -2.42. The number of carbonyl (C=O) groups is 1. The second-order valence-corrected chi connectivity index (χ2v) is 6.39. The van der Waals surface area contributed by atoms with E-state index >= 15 is 0 Å². The van der Waals surface area contributed by atoms with E-state index in [2.05, 4.69) is 24.4 Å². The fourth-order valence-corrected chi connectivity index (χ4v) is 3.27. The Balaban J connectivity index is 1.89. The predicted molar refractivity (Wildman–Crippen MR) is 85.9 cm³/mol. The quantitative estimate of drug-likeness (QED) is 0.793. The lowest BCUT2D eigenvalue weighted by molar-refractivity contribution is -0.139. The molecule has 0 heterocycles. The highest BCUT2D eigenvalue weighted by Gasteiger charge is 2.29. The van der Waals surface area contributed by atoms with Crippen LogP contribution in [0.1, 0.15) is 56.9 Å². The summed E-state index contributed by atoms with van der Waals surface area (Å²) >= 11 is 5.92. The normalized spacial score (nSPS) is 23.1. The molecular formula is C17H24ClNO2. The number of unbranched alkanes of at least 4 members (excludes halogenated alkanes) is 1. The van der Waals surface area contributed by atoms with Gasteiger partial charge in [0.25, 0.3) is 0 Å².